The Hall–Kier alpha value is -1.26. The molecule has 4 heteroatoms. The van der Waals surface area contributed by atoms with E-state index in [4.69, 9.17) is 0 Å². The molecular formula is C21H28O4. The third kappa shape index (κ3) is 2.01. The summed E-state index contributed by atoms with van der Waals surface area (Å²) in [6.07, 6.45) is 8.33. The van der Waals surface area contributed by atoms with Gasteiger partial charge >= 0.3 is 0 Å². The Morgan fingerprint density at radius 2 is 1.88 bits per heavy atom. The lowest BCUT2D eigenvalue weighted by atomic mass is 9.44. The van der Waals surface area contributed by atoms with E-state index in [-0.39, 0.29) is 35.4 Å². The number of Topliss-reactive ketones (excluding diaryl/α,β-unsaturated/α-hetero) is 1. The van der Waals surface area contributed by atoms with E-state index in [1.807, 2.05) is 13.0 Å². The maximum absolute atomic E-state index is 13.3. The maximum atomic E-state index is 13.3. The van der Waals surface area contributed by atoms with Crippen LogP contribution in [-0.2, 0) is 9.59 Å². The number of rotatable bonds is 1. The number of carbonyl (C=O) groups is 2. The lowest BCUT2D eigenvalue weighted by Gasteiger charge is -2.61. The average Bonchev–Trinajstić information content (AvgIpc) is 2.87. The Bertz CT molecular complexity index is 705. The summed E-state index contributed by atoms with van der Waals surface area (Å²) in [5.74, 6) is 0.267. The molecule has 0 amide bonds. The second-order valence-electron chi connectivity index (χ2n) is 8.95. The zero-order valence-electron chi connectivity index (χ0n) is 15.2. The molecule has 0 aromatic heterocycles. The number of carbonyl (C=O) groups excluding carboxylic acids is 2. The van der Waals surface area contributed by atoms with Crippen LogP contribution >= 0.6 is 0 Å². The van der Waals surface area contributed by atoms with Crippen molar-refractivity contribution in [3.05, 3.63) is 23.3 Å². The van der Waals surface area contributed by atoms with Gasteiger partial charge in [0.25, 0.3) is 0 Å². The fourth-order valence-corrected chi connectivity index (χ4v) is 6.64. The zero-order valence-corrected chi connectivity index (χ0v) is 15.2. The van der Waals surface area contributed by atoms with Crippen molar-refractivity contribution >= 4 is 11.6 Å². The first-order valence-corrected chi connectivity index (χ1v) is 9.57. The minimum Gasteiger partial charge on any atom is -0.392 e. The molecule has 4 nitrogen and oxygen atoms in total. The highest BCUT2D eigenvalue weighted by atomic mass is 16.3. The van der Waals surface area contributed by atoms with Gasteiger partial charge in [0.1, 0.15) is 5.60 Å². The Kier molecular flexibility index (Phi) is 3.69. The molecule has 0 heterocycles. The number of ketones is 2. The van der Waals surface area contributed by atoms with Crippen LogP contribution in [0.5, 0.6) is 0 Å². The molecule has 0 unspecified atom stereocenters. The molecule has 0 spiro atoms. The largest absolute Gasteiger partial charge is 0.392 e. The van der Waals surface area contributed by atoms with Gasteiger partial charge in [-0.25, -0.2) is 0 Å². The van der Waals surface area contributed by atoms with Gasteiger partial charge in [-0.15, -0.1) is 0 Å². The Morgan fingerprint density at radius 1 is 1.16 bits per heavy atom. The minimum atomic E-state index is -1.35. The number of hydrogen-bond donors (Lipinski definition) is 2. The molecule has 136 valence electrons. The molecule has 4 aliphatic carbocycles. The lowest BCUT2D eigenvalue weighted by molar-refractivity contribution is -0.191. The summed E-state index contributed by atoms with van der Waals surface area (Å²) in [7, 11) is 0. The molecular weight excluding hydrogens is 316 g/mol. The Morgan fingerprint density at radius 3 is 2.60 bits per heavy atom. The zero-order chi connectivity index (χ0) is 18.0. The predicted octanol–water partition coefficient (Wildman–Crippen LogP) is 2.73. The van der Waals surface area contributed by atoms with Crippen LogP contribution in [0.4, 0.5) is 0 Å². The summed E-state index contributed by atoms with van der Waals surface area (Å²) < 4.78 is 0. The summed E-state index contributed by atoms with van der Waals surface area (Å²) in [4.78, 5) is 25.2. The van der Waals surface area contributed by atoms with E-state index in [1.165, 1.54) is 5.57 Å². The van der Waals surface area contributed by atoms with Crippen LogP contribution in [0.15, 0.2) is 23.3 Å². The molecule has 0 radical (unpaired) electrons. The molecule has 2 N–H and O–H groups in total. The van der Waals surface area contributed by atoms with Crippen molar-refractivity contribution in [2.24, 2.45) is 22.7 Å². The molecule has 3 saturated carbocycles. The highest BCUT2D eigenvalue weighted by Gasteiger charge is 2.68. The third-order valence-electron chi connectivity index (χ3n) is 8.07. The second kappa shape index (κ2) is 5.37. The van der Waals surface area contributed by atoms with Gasteiger partial charge in [0.05, 0.1) is 6.61 Å². The first-order chi connectivity index (χ1) is 11.8. The van der Waals surface area contributed by atoms with Crippen molar-refractivity contribution in [2.75, 3.05) is 6.61 Å². The molecule has 5 atom stereocenters. The number of aliphatic hydroxyl groups is 2. The lowest BCUT2D eigenvalue weighted by Crippen LogP contribution is -2.67. The van der Waals surface area contributed by atoms with Crippen molar-refractivity contribution in [3.63, 3.8) is 0 Å². The molecule has 3 fully saturated rings. The quantitative estimate of drug-likeness (QED) is 0.717. The summed E-state index contributed by atoms with van der Waals surface area (Å²) >= 11 is 0. The van der Waals surface area contributed by atoms with Crippen LogP contribution < -0.4 is 0 Å². The monoisotopic (exact) mass is 344 g/mol. The van der Waals surface area contributed by atoms with Crippen molar-refractivity contribution in [1.29, 1.82) is 0 Å². The van der Waals surface area contributed by atoms with Gasteiger partial charge in [-0.2, -0.15) is 0 Å². The van der Waals surface area contributed by atoms with Gasteiger partial charge in [-0.05, 0) is 55.4 Å². The second-order valence-corrected chi connectivity index (χ2v) is 8.95. The van der Waals surface area contributed by atoms with Gasteiger partial charge in [0, 0.05) is 18.3 Å². The fraction of sp³-hybridized carbons (Fsp3) is 0.714. The van der Waals surface area contributed by atoms with Crippen LogP contribution in [0.2, 0.25) is 0 Å². The highest BCUT2D eigenvalue weighted by Crippen LogP contribution is 2.66. The van der Waals surface area contributed by atoms with E-state index in [1.54, 1.807) is 6.08 Å². The Balaban J connectivity index is 1.81. The summed E-state index contributed by atoms with van der Waals surface area (Å²) in [6, 6.07) is 0. The number of allylic oxidation sites excluding steroid dienone is 1. The number of aliphatic hydroxyl groups excluding tert-OH is 1. The number of fused-ring (bicyclic) bond motifs is 5. The molecule has 0 aromatic carbocycles. The van der Waals surface area contributed by atoms with E-state index in [0.717, 1.165) is 31.3 Å². The van der Waals surface area contributed by atoms with E-state index >= 15 is 0 Å². The van der Waals surface area contributed by atoms with E-state index in [2.05, 4.69) is 6.92 Å². The van der Waals surface area contributed by atoms with Crippen LogP contribution in [0.3, 0.4) is 0 Å². The SMILES string of the molecule is C[C@]12CCC(=O)C=C1CC[C@H]1[C@@H]3CCC(=CCO)[C@@]3(C)CC(=O)[C@@]12O. The van der Waals surface area contributed by atoms with Crippen molar-refractivity contribution in [1.82, 2.24) is 0 Å². The van der Waals surface area contributed by atoms with Crippen LogP contribution in [0.1, 0.15) is 58.8 Å². The fourth-order valence-electron chi connectivity index (χ4n) is 6.64. The molecule has 4 aliphatic rings. The topological polar surface area (TPSA) is 74.6 Å². The predicted molar refractivity (Wildman–Crippen MR) is 93.7 cm³/mol. The van der Waals surface area contributed by atoms with Crippen molar-refractivity contribution in [2.45, 2.75) is 64.4 Å². The summed E-state index contributed by atoms with van der Waals surface area (Å²) in [6.45, 7) is 4.15. The van der Waals surface area contributed by atoms with Gasteiger partial charge in [0.15, 0.2) is 11.6 Å². The maximum Gasteiger partial charge on any atom is 0.166 e. The standard InChI is InChI=1S/C21H28O4/c1-19-12-18(24)21(25)17(16(19)5-3-13(19)8-10-22)6-4-14-11-15(23)7-9-20(14,21)2/h8,11,16-17,22,25H,3-7,9-10,12H2,1-2H3/t16-,17-,19+,20-,21-/m0/s1. The first-order valence-electron chi connectivity index (χ1n) is 9.57. The third-order valence-corrected chi connectivity index (χ3v) is 8.07. The normalized spacial score (nSPS) is 48.0. The van der Waals surface area contributed by atoms with Crippen LogP contribution in [0.25, 0.3) is 0 Å². The van der Waals surface area contributed by atoms with E-state index < -0.39 is 11.0 Å². The molecule has 0 aromatic rings. The molecule has 4 rings (SSSR count). The van der Waals surface area contributed by atoms with Gasteiger partial charge in [0.2, 0.25) is 0 Å². The minimum absolute atomic E-state index is 0.00742. The van der Waals surface area contributed by atoms with Crippen LogP contribution in [0, 0.1) is 22.7 Å². The average molecular weight is 344 g/mol. The molecule has 0 aliphatic heterocycles. The summed E-state index contributed by atoms with van der Waals surface area (Å²) in [5.41, 5.74) is -0.0366. The van der Waals surface area contributed by atoms with Crippen LogP contribution in [-0.4, -0.2) is 34.0 Å². The molecule has 0 bridgehead atoms. The van der Waals surface area contributed by atoms with Crippen molar-refractivity contribution in [3.8, 4) is 0 Å². The van der Waals surface area contributed by atoms with Gasteiger partial charge < -0.3 is 10.2 Å². The number of hydrogen-bond acceptors (Lipinski definition) is 4. The highest BCUT2D eigenvalue weighted by molar-refractivity contribution is 5.95. The molecule has 0 saturated heterocycles. The first kappa shape index (κ1) is 17.2. The Labute approximate surface area is 149 Å². The van der Waals surface area contributed by atoms with Gasteiger partial charge in [-0.1, -0.05) is 31.1 Å². The van der Waals surface area contributed by atoms with E-state index in [0.29, 0.717) is 19.3 Å². The van der Waals surface area contributed by atoms with Crippen molar-refractivity contribution < 1.29 is 19.8 Å². The summed E-state index contributed by atoms with van der Waals surface area (Å²) in [5, 5.41) is 21.2. The smallest absolute Gasteiger partial charge is 0.166 e. The molecule has 25 heavy (non-hydrogen) atoms. The van der Waals surface area contributed by atoms with E-state index in [9.17, 15) is 19.8 Å². The van der Waals surface area contributed by atoms with Gasteiger partial charge in [-0.3, -0.25) is 9.59 Å².